The molecule has 1 amide bonds. The SMILES string of the molecule is Cc1ccc(C2/C(=C(/O)c3cccc(OCC(C)C)c3)C(=O)C(=O)N2c2ccc(Cl)cc2)o1. The second-order valence-corrected chi connectivity index (χ2v) is 8.76. The maximum Gasteiger partial charge on any atom is 0.300 e. The average Bonchev–Trinajstić information content (AvgIpc) is 3.33. The van der Waals surface area contributed by atoms with E-state index >= 15 is 0 Å². The first-order valence-corrected chi connectivity index (χ1v) is 11.0. The van der Waals surface area contributed by atoms with Gasteiger partial charge in [-0.2, -0.15) is 0 Å². The molecule has 1 aliphatic rings. The van der Waals surface area contributed by atoms with E-state index in [-0.39, 0.29) is 11.3 Å². The molecule has 1 aliphatic heterocycles. The summed E-state index contributed by atoms with van der Waals surface area (Å²) in [5, 5.41) is 11.7. The van der Waals surface area contributed by atoms with E-state index in [1.165, 1.54) is 4.90 Å². The van der Waals surface area contributed by atoms with Gasteiger partial charge in [0.15, 0.2) is 0 Å². The molecule has 0 saturated carbocycles. The molecule has 1 fully saturated rings. The van der Waals surface area contributed by atoms with Crippen molar-refractivity contribution < 1.29 is 23.8 Å². The summed E-state index contributed by atoms with van der Waals surface area (Å²) in [5.41, 5.74) is 0.789. The fraction of sp³-hybridized carbons (Fsp3) is 0.231. The van der Waals surface area contributed by atoms with Crippen LogP contribution in [0.2, 0.25) is 5.02 Å². The lowest BCUT2D eigenvalue weighted by atomic mass is 9.99. The first-order chi connectivity index (χ1) is 15.8. The van der Waals surface area contributed by atoms with E-state index in [1.807, 2.05) is 13.8 Å². The Morgan fingerprint density at radius 3 is 2.48 bits per heavy atom. The van der Waals surface area contributed by atoms with Crippen LogP contribution in [0.4, 0.5) is 5.69 Å². The van der Waals surface area contributed by atoms with E-state index in [0.29, 0.717) is 46.1 Å². The number of benzene rings is 2. The molecule has 0 radical (unpaired) electrons. The third-order valence-corrected chi connectivity index (χ3v) is 5.52. The number of halogens is 1. The summed E-state index contributed by atoms with van der Waals surface area (Å²) < 4.78 is 11.6. The lowest BCUT2D eigenvalue weighted by Gasteiger charge is -2.23. The van der Waals surface area contributed by atoms with Crippen LogP contribution in [0, 0.1) is 12.8 Å². The molecular formula is C26H24ClNO5. The van der Waals surface area contributed by atoms with Gasteiger partial charge in [0.25, 0.3) is 11.7 Å². The zero-order valence-electron chi connectivity index (χ0n) is 18.5. The number of nitrogens with zero attached hydrogens (tertiary/aromatic N) is 1. The van der Waals surface area contributed by atoms with Crippen LogP contribution in [0.25, 0.3) is 5.76 Å². The number of hydrogen-bond acceptors (Lipinski definition) is 5. The van der Waals surface area contributed by atoms with E-state index in [4.69, 9.17) is 20.8 Å². The van der Waals surface area contributed by atoms with Gasteiger partial charge in [-0.3, -0.25) is 14.5 Å². The van der Waals surface area contributed by atoms with Crippen molar-refractivity contribution in [1.82, 2.24) is 0 Å². The van der Waals surface area contributed by atoms with Crippen molar-refractivity contribution in [2.75, 3.05) is 11.5 Å². The summed E-state index contributed by atoms with van der Waals surface area (Å²) >= 11 is 6.01. The predicted molar refractivity (Wildman–Crippen MR) is 126 cm³/mol. The van der Waals surface area contributed by atoms with Crippen molar-refractivity contribution in [3.05, 3.63) is 88.3 Å². The molecule has 1 atom stereocenters. The van der Waals surface area contributed by atoms with Gasteiger partial charge >= 0.3 is 0 Å². The number of ether oxygens (including phenoxy) is 1. The van der Waals surface area contributed by atoms with Gasteiger partial charge in [-0.05, 0) is 61.4 Å². The minimum atomic E-state index is -0.930. The standard InChI is InChI=1S/C26H24ClNO5/c1-15(2)14-32-20-6-4-5-17(13-20)24(29)22-23(21-12-7-16(3)33-21)28(26(31)25(22)30)19-10-8-18(27)9-11-19/h4-13,15,23,29H,14H2,1-3H3/b24-22-. The van der Waals surface area contributed by atoms with Crippen LogP contribution in [0.15, 0.2) is 70.7 Å². The van der Waals surface area contributed by atoms with Crippen LogP contribution in [0.1, 0.15) is 37.0 Å². The Morgan fingerprint density at radius 2 is 1.85 bits per heavy atom. The molecule has 2 aromatic carbocycles. The summed E-state index contributed by atoms with van der Waals surface area (Å²) in [5.74, 6) is 0.0319. The van der Waals surface area contributed by atoms with Gasteiger partial charge in [-0.15, -0.1) is 0 Å². The normalized spacial score (nSPS) is 17.7. The molecule has 3 aromatic rings. The van der Waals surface area contributed by atoms with E-state index < -0.39 is 17.7 Å². The fourth-order valence-electron chi connectivity index (χ4n) is 3.72. The molecule has 0 spiro atoms. The number of ketones is 1. The maximum absolute atomic E-state index is 13.2. The number of amides is 1. The maximum atomic E-state index is 13.2. The number of aliphatic hydroxyl groups is 1. The molecule has 2 heterocycles. The third-order valence-electron chi connectivity index (χ3n) is 5.27. The number of hydrogen-bond donors (Lipinski definition) is 1. The van der Waals surface area contributed by atoms with Crippen LogP contribution in [0.3, 0.4) is 0 Å². The lowest BCUT2D eigenvalue weighted by molar-refractivity contribution is -0.132. The molecule has 6 nitrogen and oxygen atoms in total. The first kappa shape index (κ1) is 22.7. The molecule has 7 heteroatoms. The topological polar surface area (TPSA) is 80.0 Å². The van der Waals surface area contributed by atoms with Crippen molar-refractivity contribution in [2.24, 2.45) is 5.92 Å². The summed E-state index contributed by atoms with van der Waals surface area (Å²) in [6.45, 7) is 6.35. The highest BCUT2D eigenvalue weighted by molar-refractivity contribution is 6.51. The van der Waals surface area contributed by atoms with Gasteiger partial charge in [-0.1, -0.05) is 37.6 Å². The number of carbonyl (C=O) groups is 2. The highest BCUT2D eigenvalue weighted by Gasteiger charge is 2.48. The molecule has 1 N–H and O–H groups in total. The van der Waals surface area contributed by atoms with Crippen LogP contribution in [-0.4, -0.2) is 23.4 Å². The van der Waals surface area contributed by atoms with Crippen molar-refractivity contribution in [2.45, 2.75) is 26.8 Å². The second-order valence-electron chi connectivity index (χ2n) is 8.33. The summed E-state index contributed by atoms with van der Waals surface area (Å²) in [7, 11) is 0. The number of furan rings is 1. The minimum absolute atomic E-state index is 0.0506. The van der Waals surface area contributed by atoms with Gasteiger partial charge in [0.05, 0.1) is 12.2 Å². The van der Waals surface area contributed by atoms with E-state index in [9.17, 15) is 14.7 Å². The Kier molecular flexibility index (Phi) is 6.29. The molecule has 1 unspecified atom stereocenters. The molecule has 0 aliphatic carbocycles. The first-order valence-electron chi connectivity index (χ1n) is 10.6. The largest absolute Gasteiger partial charge is 0.507 e. The van der Waals surface area contributed by atoms with Gasteiger partial charge in [0.2, 0.25) is 0 Å². The summed E-state index contributed by atoms with van der Waals surface area (Å²) in [6.07, 6.45) is 0. The zero-order chi connectivity index (χ0) is 23.7. The van der Waals surface area contributed by atoms with E-state index in [2.05, 4.69) is 0 Å². The molecule has 4 rings (SSSR count). The smallest absolute Gasteiger partial charge is 0.300 e. The van der Waals surface area contributed by atoms with E-state index in [0.717, 1.165) is 0 Å². The quantitative estimate of drug-likeness (QED) is 0.278. The highest BCUT2D eigenvalue weighted by atomic mass is 35.5. The third kappa shape index (κ3) is 4.52. The van der Waals surface area contributed by atoms with Gasteiger partial charge in [-0.25, -0.2) is 0 Å². The van der Waals surface area contributed by atoms with Crippen molar-refractivity contribution >= 4 is 34.7 Å². The number of aryl methyl sites for hydroxylation is 1. The second kappa shape index (κ2) is 9.16. The Morgan fingerprint density at radius 1 is 1.12 bits per heavy atom. The Bertz CT molecular complexity index is 1230. The number of anilines is 1. The Balaban J connectivity index is 1.84. The lowest BCUT2D eigenvalue weighted by Crippen LogP contribution is -2.29. The monoisotopic (exact) mass is 465 g/mol. The molecule has 33 heavy (non-hydrogen) atoms. The fourth-order valence-corrected chi connectivity index (χ4v) is 3.85. The number of aliphatic hydroxyl groups excluding tert-OH is 1. The van der Waals surface area contributed by atoms with Crippen molar-refractivity contribution in [3.8, 4) is 5.75 Å². The van der Waals surface area contributed by atoms with Crippen LogP contribution < -0.4 is 9.64 Å². The van der Waals surface area contributed by atoms with Crippen LogP contribution in [-0.2, 0) is 9.59 Å². The van der Waals surface area contributed by atoms with Crippen molar-refractivity contribution in [3.63, 3.8) is 0 Å². The molecule has 0 bridgehead atoms. The molecule has 170 valence electrons. The average molecular weight is 466 g/mol. The van der Waals surface area contributed by atoms with Gasteiger partial charge < -0.3 is 14.3 Å². The van der Waals surface area contributed by atoms with Crippen molar-refractivity contribution in [1.29, 1.82) is 0 Å². The predicted octanol–water partition coefficient (Wildman–Crippen LogP) is 5.90. The molecular weight excluding hydrogens is 442 g/mol. The van der Waals surface area contributed by atoms with Crippen LogP contribution >= 0.6 is 11.6 Å². The summed E-state index contributed by atoms with van der Waals surface area (Å²) in [4.78, 5) is 27.6. The van der Waals surface area contributed by atoms with E-state index in [1.54, 1.807) is 67.6 Å². The van der Waals surface area contributed by atoms with Gasteiger partial charge in [0.1, 0.15) is 29.1 Å². The van der Waals surface area contributed by atoms with Crippen LogP contribution in [0.5, 0.6) is 5.75 Å². The van der Waals surface area contributed by atoms with Gasteiger partial charge in [0, 0.05) is 16.3 Å². The Hall–Kier alpha value is -3.51. The zero-order valence-corrected chi connectivity index (χ0v) is 19.3. The number of Topliss-reactive ketones (excluding diaryl/α,β-unsaturated/α-hetero) is 1. The summed E-state index contributed by atoms with van der Waals surface area (Å²) in [6, 6.07) is 15.9. The number of carbonyl (C=O) groups excluding carboxylic acids is 2. The molecule has 1 saturated heterocycles. The minimum Gasteiger partial charge on any atom is -0.507 e. The number of rotatable bonds is 6. The highest BCUT2D eigenvalue weighted by Crippen LogP contribution is 2.43. The molecule has 1 aromatic heterocycles. The Labute approximate surface area is 197 Å².